The number of thiocarbonyl (C=S) groups is 1. The normalized spacial score (nSPS) is 14.3. The quantitative estimate of drug-likeness (QED) is 0.0382. The lowest BCUT2D eigenvalue weighted by atomic mass is 10.1. The highest BCUT2D eigenvalue weighted by molar-refractivity contribution is 7.80. The van der Waals surface area contributed by atoms with Crippen molar-refractivity contribution < 1.29 is 14.2 Å². The van der Waals surface area contributed by atoms with Crippen LogP contribution in [-0.4, -0.2) is 68.8 Å². The third-order valence-electron chi connectivity index (χ3n) is 10.4. The van der Waals surface area contributed by atoms with Gasteiger partial charge in [0.05, 0.1) is 12.7 Å². The van der Waals surface area contributed by atoms with Crippen LogP contribution in [0.3, 0.4) is 0 Å². The molecule has 0 aromatic heterocycles. The number of allylic oxidation sites excluding steroid dienone is 4. The van der Waals surface area contributed by atoms with Crippen LogP contribution in [0.25, 0.3) is 0 Å². The zero-order valence-corrected chi connectivity index (χ0v) is 35.7. The standard InChI is InChI=1S/C46H88N2O3S/c1-3-5-7-9-11-13-15-17-19-21-23-25-27-29-31-35-40-49-44-45(43-47-46(52)51-42-39-48-37-33-34-38-48)50-41-36-32-30-28-26-24-22-20-18-16-14-12-10-8-6-4-2/h17-20,45H,3-16,21-44H2,1-2H3,(H,47,52). The molecule has 1 heterocycles. The van der Waals surface area contributed by atoms with Crippen molar-refractivity contribution in [3.05, 3.63) is 24.3 Å². The summed E-state index contributed by atoms with van der Waals surface area (Å²) in [5, 5.41) is 3.78. The van der Waals surface area contributed by atoms with Crippen molar-refractivity contribution in [2.75, 3.05) is 52.6 Å². The minimum Gasteiger partial charge on any atom is -0.470 e. The Balaban J connectivity index is 2.10. The topological polar surface area (TPSA) is 43.0 Å². The number of rotatable bonds is 40. The molecule has 0 radical (unpaired) electrons. The van der Waals surface area contributed by atoms with E-state index in [9.17, 15) is 0 Å². The molecule has 6 heteroatoms. The zero-order valence-electron chi connectivity index (χ0n) is 34.8. The fourth-order valence-electron chi connectivity index (χ4n) is 6.95. The van der Waals surface area contributed by atoms with Gasteiger partial charge in [-0.15, -0.1) is 0 Å². The number of unbranched alkanes of at least 4 members (excludes halogenated alkanes) is 24. The fraction of sp³-hybridized carbons (Fsp3) is 0.891. The SMILES string of the molecule is CCCCCCCCC=CCCCCCCCCOCC(CNC(=S)OCCN1CCCC1)OCCCCCCCCC=CCCCCCCCC. The number of nitrogens with one attached hydrogen (secondary N) is 1. The first kappa shape index (κ1) is 49.1. The van der Waals surface area contributed by atoms with E-state index in [1.165, 1.54) is 193 Å². The van der Waals surface area contributed by atoms with Crippen LogP contribution in [0.2, 0.25) is 0 Å². The molecule has 1 fully saturated rings. The van der Waals surface area contributed by atoms with Gasteiger partial charge in [-0.3, -0.25) is 4.90 Å². The number of hydrogen-bond donors (Lipinski definition) is 1. The Labute approximate surface area is 330 Å². The monoisotopic (exact) mass is 749 g/mol. The van der Waals surface area contributed by atoms with E-state index < -0.39 is 0 Å². The van der Waals surface area contributed by atoms with Gasteiger partial charge < -0.3 is 19.5 Å². The average Bonchev–Trinajstić information content (AvgIpc) is 3.68. The highest BCUT2D eigenvalue weighted by atomic mass is 32.1. The number of likely N-dealkylation sites (tertiary alicyclic amines) is 1. The molecule has 0 aromatic carbocycles. The van der Waals surface area contributed by atoms with Gasteiger partial charge in [0.2, 0.25) is 0 Å². The molecule has 1 unspecified atom stereocenters. The lowest BCUT2D eigenvalue weighted by Crippen LogP contribution is -2.37. The van der Waals surface area contributed by atoms with Crippen LogP contribution in [0.4, 0.5) is 0 Å². The maximum atomic E-state index is 6.30. The first-order chi connectivity index (χ1) is 25.8. The van der Waals surface area contributed by atoms with E-state index in [1.54, 1.807) is 0 Å². The Kier molecular flexibility index (Phi) is 38.9. The largest absolute Gasteiger partial charge is 0.470 e. The highest BCUT2D eigenvalue weighted by Crippen LogP contribution is 2.12. The Morgan fingerprint density at radius 2 is 0.981 bits per heavy atom. The number of hydrogen-bond acceptors (Lipinski definition) is 5. The molecule has 1 aliphatic rings. The predicted molar refractivity (Wildman–Crippen MR) is 232 cm³/mol. The van der Waals surface area contributed by atoms with E-state index in [2.05, 4.69) is 48.4 Å². The molecule has 0 amide bonds. The molecule has 5 nitrogen and oxygen atoms in total. The van der Waals surface area contributed by atoms with Crippen molar-refractivity contribution in [2.24, 2.45) is 0 Å². The predicted octanol–water partition coefficient (Wildman–Crippen LogP) is 13.5. The van der Waals surface area contributed by atoms with Gasteiger partial charge in [0.15, 0.2) is 0 Å². The van der Waals surface area contributed by atoms with Crippen molar-refractivity contribution in [3.63, 3.8) is 0 Å². The second-order valence-electron chi connectivity index (χ2n) is 15.5. The molecule has 1 atom stereocenters. The summed E-state index contributed by atoms with van der Waals surface area (Å²) in [4.78, 5) is 2.45. The smallest absolute Gasteiger partial charge is 0.256 e. The van der Waals surface area contributed by atoms with Crippen molar-refractivity contribution in [1.29, 1.82) is 0 Å². The lowest BCUT2D eigenvalue weighted by molar-refractivity contribution is -0.0161. The molecule has 0 spiro atoms. The summed E-state index contributed by atoms with van der Waals surface area (Å²) < 4.78 is 18.2. The van der Waals surface area contributed by atoms with Crippen molar-refractivity contribution >= 4 is 17.4 Å². The van der Waals surface area contributed by atoms with E-state index >= 15 is 0 Å². The van der Waals surface area contributed by atoms with Crippen molar-refractivity contribution in [2.45, 2.75) is 213 Å². The van der Waals surface area contributed by atoms with E-state index in [1.807, 2.05) is 0 Å². The molecule has 1 saturated heterocycles. The van der Waals surface area contributed by atoms with Crippen molar-refractivity contribution in [1.82, 2.24) is 10.2 Å². The number of nitrogens with zero attached hydrogens (tertiary/aromatic N) is 1. The van der Waals surface area contributed by atoms with Crippen LogP contribution < -0.4 is 5.32 Å². The third kappa shape index (κ3) is 36.0. The van der Waals surface area contributed by atoms with Crippen LogP contribution in [0.15, 0.2) is 24.3 Å². The van der Waals surface area contributed by atoms with Gasteiger partial charge in [-0.05, 0) is 102 Å². The Morgan fingerprint density at radius 3 is 1.46 bits per heavy atom. The average molecular weight is 749 g/mol. The molecule has 1 rings (SSSR count). The summed E-state index contributed by atoms with van der Waals surface area (Å²) >= 11 is 5.47. The van der Waals surface area contributed by atoms with Gasteiger partial charge in [-0.1, -0.05) is 154 Å². The summed E-state index contributed by atoms with van der Waals surface area (Å²) in [5.74, 6) is 0. The van der Waals surface area contributed by atoms with Crippen LogP contribution in [-0.2, 0) is 14.2 Å². The van der Waals surface area contributed by atoms with Gasteiger partial charge in [0, 0.05) is 26.3 Å². The van der Waals surface area contributed by atoms with E-state index in [4.69, 9.17) is 26.4 Å². The van der Waals surface area contributed by atoms with Crippen molar-refractivity contribution in [3.8, 4) is 0 Å². The molecular formula is C46H88N2O3S. The highest BCUT2D eigenvalue weighted by Gasteiger charge is 2.13. The van der Waals surface area contributed by atoms with Crippen LogP contribution >= 0.6 is 12.2 Å². The maximum Gasteiger partial charge on any atom is 0.256 e. The van der Waals surface area contributed by atoms with E-state index in [0.717, 1.165) is 32.6 Å². The molecule has 0 saturated carbocycles. The minimum absolute atomic E-state index is 0.00243. The third-order valence-corrected chi connectivity index (χ3v) is 10.7. The van der Waals surface area contributed by atoms with Crippen LogP contribution in [0.5, 0.6) is 0 Å². The maximum absolute atomic E-state index is 6.30. The summed E-state index contributed by atoms with van der Waals surface area (Å²) in [6.45, 7) is 11.4. The number of ether oxygens (including phenoxy) is 3. The first-order valence-corrected chi connectivity index (χ1v) is 23.3. The molecular weight excluding hydrogens is 661 g/mol. The lowest BCUT2D eigenvalue weighted by Gasteiger charge is -2.20. The molecule has 1 N–H and O–H groups in total. The molecule has 0 bridgehead atoms. The fourth-order valence-corrected chi connectivity index (χ4v) is 7.12. The second kappa shape index (κ2) is 41.2. The Bertz CT molecular complexity index is 786. The molecule has 0 aromatic rings. The minimum atomic E-state index is -0.00243. The van der Waals surface area contributed by atoms with Gasteiger partial charge >= 0.3 is 0 Å². The summed E-state index contributed by atoms with van der Waals surface area (Å²) in [7, 11) is 0. The molecule has 1 aliphatic heterocycles. The van der Waals surface area contributed by atoms with Gasteiger partial charge in [0.1, 0.15) is 6.61 Å². The van der Waals surface area contributed by atoms with Gasteiger partial charge in [-0.2, -0.15) is 0 Å². The zero-order chi connectivity index (χ0) is 37.3. The second-order valence-corrected chi connectivity index (χ2v) is 15.9. The molecule has 306 valence electrons. The van der Waals surface area contributed by atoms with E-state index in [0.29, 0.717) is 24.9 Å². The van der Waals surface area contributed by atoms with Crippen LogP contribution in [0.1, 0.15) is 206 Å². The summed E-state index contributed by atoms with van der Waals surface area (Å²) in [6, 6.07) is 0. The van der Waals surface area contributed by atoms with Crippen LogP contribution in [0, 0.1) is 0 Å². The Hall–Kier alpha value is -0.950. The first-order valence-electron chi connectivity index (χ1n) is 22.9. The molecule has 0 aliphatic carbocycles. The van der Waals surface area contributed by atoms with Gasteiger partial charge in [0.25, 0.3) is 5.17 Å². The van der Waals surface area contributed by atoms with E-state index in [-0.39, 0.29) is 6.10 Å². The summed E-state index contributed by atoms with van der Waals surface area (Å²) in [6.07, 6.45) is 49.3. The summed E-state index contributed by atoms with van der Waals surface area (Å²) in [5.41, 5.74) is 0. The Morgan fingerprint density at radius 1 is 0.558 bits per heavy atom. The van der Waals surface area contributed by atoms with Gasteiger partial charge in [-0.25, -0.2) is 0 Å². The molecule has 52 heavy (non-hydrogen) atoms.